The zero-order valence-corrected chi connectivity index (χ0v) is 21.5. The minimum Gasteiger partial charge on any atom is -0.465 e. The summed E-state index contributed by atoms with van der Waals surface area (Å²) in [5.74, 6) is -0.0627. The van der Waals surface area contributed by atoms with Crippen LogP contribution in [0.15, 0.2) is 71.1 Å². The second kappa shape index (κ2) is 10.6. The fourth-order valence-electron chi connectivity index (χ4n) is 4.66. The quantitative estimate of drug-likeness (QED) is 0.301. The first-order valence-electron chi connectivity index (χ1n) is 12.4. The number of ether oxygens (including phenoxy) is 2. The van der Waals surface area contributed by atoms with Crippen molar-refractivity contribution in [1.82, 2.24) is 10.0 Å². The van der Waals surface area contributed by atoms with Gasteiger partial charge in [-0.05, 0) is 66.9 Å². The van der Waals surface area contributed by atoms with Crippen molar-refractivity contribution in [3.05, 3.63) is 83.4 Å². The molecule has 1 unspecified atom stereocenters. The molecule has 0 radical (unpaired) electrons. The van der Waals surface area contributed by atoms with Crippen LogP contribution < -0.4 is 10.2 Å². The number of methoxy groups -OCH3 is 2. The van der Waals surface area contributed by atoms with Gasteiger partial charge in [0.25, 0.3) is 6.01 Å². The number of anilines is 2. The molecule has 1 aliphatic heterocycles. The maximum absolute atomic E-state index is 13.6. The first-order chi connectivity index (χ1) is 18.4. The van der Waals surface area contributed by atoms with E-state index >= 15 is 0 Å². The van der Waals surface area contributed by atoms with Crippen LogP contribution in [0.25, 0.3) is 11.1 Å². The molecule has 5 rings (SSSR count). The third-order valence-electron chi connectivity index (χ3n) is 6.75. The molecule has 3 aromatic carbocycles. The van der Waals surface area contributed by atoms with Crippen LogP contribution in [0.2, 0.25) is 0 Å². The summed E-state index contributed by atoms with van der Waals surface area (Å²) in [6.45, 7) is 2.53. The second-order valence-electron chi connectivity index (χ2n) is 9.16. The zero-order chi connectivity index (χ0) is 26.7. The third-order valence-corrected chi connectivity index (χ3v) is 6.75. The predicted molar refractivity (Wildman–Crippen MR) is 141 cm³/mol. The number of Topliss-reactive ketones (excluding diaryl/α,β-unsaturated/α-hetero) is 1. The second-order valence-corrected chi connectivity index (χ2v) is 9.16. The Hall–Kier alpha value is -4.21. The van der Waals surface area contributed by atoms with Crippen molar-refractivity contribution in [3.8, 4) is 5.75 Å². The number of carbonyl (C=O) groups excluding carboxylic acids is 2. The van der Waals surface area contributed by atoms with Crippen LogP contribution in [0.4, 0.5) is 11.7 Å². The molecule has 4 aromatic rings. The van der Waals surface area contributed by atoms with Gasteiger partial charge in [0.1, 0.15) is 11.3 Å². The number of rotatable bonds is 9. The summed E-state index contributed by atoms with van der Waals surface area (Å²) in [5.41, 5.74) is 3.24. The van der Waals surface area contributed by atoms with Gasteiger partial charge >= 0.3 is 5.97 Å². The molecule has 0 spiro atoms. The van der Waals surface area contributed by atoms with E-state index < -0.39 is 11.7 Å². The Morgan fingerprint density at radius 2 is 1.87 bits per heavy atom. The van der Waals surface area contributed by atoms with Crippen molar-refractivity contribution in [2.75, 3.05) is 26.1 Å². The minimum absolute atomic E-state index is 0.124. The highest BCUT2D eigenvalue weighted by Gasteiger charge is 2.49. The van der Waals surface area contributed by atoms with Gasteiger partial charge in [0.15, 0.2) is 11.4 Å². The molecular weight excluding hydrogens is 486 g/mol. The van der Waals surface area contributed by atoms with Crippen molar-refractivity contribution < 1.29 is 28.3 Å². The van der Waals surface area contributed by atoms with Crippen LogP contribution >= 0.6 is 0 Å². The number of hydroxylamine groups is 2. The number of fused-ring (bicyclic) bond motifs is 1. The minimum atomic E-state index is -1.23. The molecule has 9 heteroatoms. The summed E-state index contributed by atoms with van der Waals surface area (Å²) in [7, 11) is 2.85. The number of oxazole rings is 1. The molecule has 0 bridgehead atoms. The Kier molecular flexibility index (Phi) is 7.13. The Morgan fingerprint density at radius 3 is 2.61 bits per heavy atom. The SMILES string of the molecule is COC(=O)c1ccc(ON2CCCC2(OC)C(=O)Cc2ccc3nc(Nc4ccccc4C)oc3c2)cc1. The van der Waals surface area contributed by atoms with E-state index in [-0.39, 0.29) is 12.2 Å². The van der Waals surface area contributed by atoms with Crippen LogP contribution in [0.5, 0.6) is 5.75 Å². The van der Waals surface area contributed by atoms with Gasteiger partial charge in [-0.3, -0.25) is 4.79 Å². The Labute approximate surface area is 220 Å². The van der Waals surface area contributed by atoms with E-state index in [1.165, 1.54) is 14.2 Å². The summed E-state index contributed by atoms with van der Waals surface area (Å²) in [5, 5.41) is 4.79. The first kappa shape index (κ1) is 25.4. The molecule has 1 atom stereocenters. The molecule has 38 heavy (non-hydrogen) atoms. The lowest BCUT2D eigenvalue weighted by atomic mass is 9.98. The summed E-state index contributed by atoms with van der Waals surface area (Å²) < 4.78 is 16.5. The van der Waals surface area contributed by atoms with Gasteiger partial charge in [-0.1, -0.05) is 24.3 Å². The molecule has 0 amide bonds. The molecule has 1 N–H and O–H groups in total. The molecule has 1 saturated heterocycles. The van der Waals surface area contributed by atoms with Crippen molar-refractivity contribution in [2.45, 2.75) is 31.9 Å². The number of nitrogens with zero attached hydrogens (tertiary/aromatic N) is 2. The standard InChI is InChI=1S/C29H29N3O6/c1-19-7-4-5-8-23(19)30-28-31-24-14-9-20(17-25(24)37-28)18-26(33)29(36-3)15-6-16-32(29)38-22-12-10-21(11-13-22)27(34)35-2/h4-5,7-14,17H,6,15-16,18H2,1-3H3,(H,30,31). The van der Waals surface area contributed by atoms with Gasteiger partial charge in [-0.25, -0.2) is 4.79 Å². The number of esters is 1. The Balaban J connectivity index is 1.31. The highest BCUT2D eigenvalue weighted by atomic mass is 16.7. The molecule has 2 heterocycles. The summed E-state index contributed by atoms with van der Waals surface area (Å²) in [6.07, 6.45) is 1.36. The molecule has 1 aliphatic rings. The average Bonchev–Trinajstić information content (AvgIpc) is 3.53. The molecule has 0 saturated carbocycles. The number of ketones is 1. The van der Waals surface area contributed by atoms with Crippen LogP contribution in [-0.4, -0.2) is 48.3 Å². The van der Waals surface area contributed by atoms with Crippen molar-refractivity contribution in [2.24, 2.45) is 0 Å². The number of hydrogen-bond donors (Lipinski definition) is 1. The van der Waals surface area contributed by atoms with E-state index in [0.717, 1.165) is 23.2 Å². The number of para-hydroxylation sites is 1. The first-order valence-corrected chi connectivity index (χ1v) is 12.4. The number of aryl methyl sites for hydroxylation is 1. The topological polar surface area (TPSA) is 103 Å². The van der Waals surface area contributed by atoms with E-state index in [4.69, 9.17) is 18.7 Å². The van der Waals surface area contributed by atoms with Crippen LogP contribution in [0.3, 0.4) is 0 Å². The number of nitrogens with one attached hydrogen (secondary N) is 1. The monoisotopic (exact) mass is 515 g/mol. The highest BCUT2D eigenvalue weighted by Crippen LogP contribution is 2.34. The highest BCUT2D eigenvalue weighted by molar-refractivity contribution is 5.90. The van der Waals surface area contributed by atoms with E-state index in [1.54, 1.807) is 29.3 Å². The van der Waals surface area contributed by atoms with Crippen LogP contribution in [-0.2, 0) is 20.7 Å². The molecule has 1 aromatic heterocycles. The van der Waals surface area contributed by atoms with Crippen LogP contribution in [0, 0.1) is 6.92 Å². The molecular formula is C29H29N3O6. The van der Waals surface area contributed by atoms with E-state index in [9.17, 15) is 9.59 Å². The Bertz CT molecular complexity index is 1460. The summed E-state index contributed by atoms with van der Waals surface area (Å²) in [6, 6.07) is 20.4. The lowest BCUT2D eigenvalue weighted by Gasteiger charge is -2.34. The smallest absolute Gasteiger partial charge is 0.337 e. The fraction of sp³-hybridized carbons (Fsp3) is 0.276. The number of aromatic nitrogens is 1. The summed E-state index contributed by atoms with van der Waals surface area (Å²) in [4.78, 5) is 35.9. The number of carbonyl (C=O) groups is 2. The number of hydrogen-bond acceptors (Lipinski definition) is 9. The zero-order valence-electron chi connectivity index (χ0n) is 21.5. The Morgan fingerprint density at radius 1 is 1.08 bits per heavy atom. The van der Waals surface area contributed by atoms with Crippen molar-refractivity contribution in [1.29, 1.82) is 0 Å². The third kappa shape index (κ3) is 4.98. The van der Waals surface area contributed by atoms with Crippen molar-refractivity contribution in [3.63, 3.8) is 0 Å². The summed E-state index contributed by atoms with van der Waals surface area (Å²) >= 11 is 0. The normalized spacial score (nSPS) is 17.4. The van der Waals surface area contributed by atoms with Gasteiger partial charge in [-0.15, -0.1) is 5.06 Å². The van der Waals surface area contributed by atoms with E-state index in [0.29, 0.717) is 41.4 Å². The lowest BCUT2D eigenvalue weighted by Crippen LogP contribution is -2.54. The molecule has 9 nitrogen and oxygen atoms in total. The predicted octanol–water partition coefficient (Wildman–Crippen LogP) is 5.21. The van der Waals surface area contributed by atoms with Gasteiger partial charge in [-0.2, -0.15) is 4.98 Å². The maximum Gasteiger partial charge on any atom is 0.337 e. The molecule has 0 aliphatic carbocycles. The van der Waals surface area contributed by atoms with Crippen molar-refractivity contribution >= 4 is 34.6 Å². The van der Waals surface area contributed by atoms with Gasteiger partial charge < -0.3 is 24.0 Å². The van der Waals surface area contributed by atoms with E-state index in [2.05, 4.69) is 10.3 Å². The maximum atomic E-state index is 13.6. The lowest BCUT2D eigenvalue weighted by molar-refractivity contribution is -0.225. The average molecular weight is 516 g/mol. The van der Waals surface area contributed by atoms with E-state index in [1.807, 2.05) is 49.4 Å². The number of benzene rings is 3. The molecule has 1 fully saturated rings. The van der Waals surface area contributed by atoms with Gasteiger partial charge in [0.2, 0.25) is 5.72 Å². The largest absolute Gasteiger partial charge is 0.465 e. The van der Waals surface area contributed by atoms with Gasteiger partial charge in [0.05, 0.1) is 12.7 Å². The van der Waals surface area contributed by atoms with Crippen LogP contribution in [0.1, 0.15) is 34.3 Å². The van der Waals surface area contributed by atoms with Gasteiger partial charge in [0, 0.05) is 32.2 Å². The fourth-order valence-corrected chi connectivity index (χ4v) is 4.66. The molecule has 196 valence electrons.